The van der Waals surface area contributed by atoms with Crippen molar-refractivity contribution in [2.24, 2.45) is 0 Å². The van der Waals surface area contributed by atoms with E-state index < -0.39 is 35.0 Å². The van der Waals surface area contributed by atoms with Crippen LogP contribution in [0.5, 0.6) is 5.75 Å². The van der Waals surface area contributed by atoms with Crippen molar-refractivity contribution in [1.29, 1.82) is 0 Å². The number of carboxylic acids is 1. The Morgan fingerprint density at radius 1 is 1.03 bits per heavy atom. The van der Waals surface area contributed by atoms with Crippen molar-refractivity contribution in [3.05, 3.63) is 77.1 Å². The maximum Gasteiger partial charge on any atom is 0.416 e. The first-order valence-electron chi connectivity index (χ1n) is 10.2. The molecule has 1 aliphatic rings. The smallest absolute Gasteiger partial charge is 0.416 e. The number of hydrogen-bond acceptors (Lipinski definition) is 3. The highest BCUT2D eigenvalue weighted by Gasteiger charge is 2.46. The predicted molar refractivity (Wildman–Crippen MR) is 111 cm³/mol. The molecule has 1 saturated carbocycles. The van der Waals surface area contributed by atoms with Gasteiger partial charge in [-0.2, -0.15) is 13.2 Å². The fraction of sp³-hybridized carbons (Fsp3) is 0.250. The predicted octanol–water partition coefficient (Wildman–Crippen LogP) is 5.31. The normalized spacial score (nSPS) is 15.0. The van der Waals surface area contributed by atoms with Crippen molar-refractivity contribution in [2.75, 3.05) is 0 Å². The van der Waals surface area contributed by atoms with Gasteiger partial charge in [-0.25, -0.2) is 9.18 Å². The minimum absolute atomic E-state index is 0.0178. The van der Waals surface area contributed by atoms with Gasteiger partial charge in [0.1, 0.15) is 23.7 Å². The van der Waals surface area contributed by atoms with Crippen LogP contribution < -0.4 is 10.1 Å². The second-order valence-electron chi connectivity index (χ2n) is 7.96. The van der Waals surface area contributed by atoms with Crippen molar-refractivity contribution in [3.8, 4) is 5.75 Å². The van der Waals surface area contributed by atoms with Crippen LogP contribution in [0, 0.1) is 5.82 Å². The summed E-state index contributed by atoms with van der Waals surface area (Å²) < 4.78 is 58.9. The van der Waals surface area contributed by atoms with Crippen molar-refractivity contribution in [1.82, 2.24) is 5.32 Å². The zero-order valence-corrected chi connectivity index (χ0v) is 17.2. The molecular weight excluding hydrogens is 442 g/mol. The molecule has 0 bridgehead atoms. The number of carboxylic acid groups (broad SMARTS) is 1. The van der Waals surface area contributed by atoms with Gasteiger partial charge in [-0.05, 0) is 43.0 Å². The summed E-state index contributed by atoms with van der Waals surface area (Å²) in [5.41, 5.74) is -2.00. The Labute approximate surface area is 186 Å². The largest absolute Gasteiger partial charge is 0.487 e. The van der Waals surface area contributed by atoms with E-state index in [1.54, 1.807) is 18.2 Å². The van der Waals surface area contributed by atoms with E-state index in [2.05, 4.69) is 5.32 Å². The lowest BCUT2D eigenvalue weighted by Crippen LogP contribution is -2.59. The van der Waals surface area contributed by atoms with Crippen LogP contribution in [-0.4, -0.2) is 22.5 Å². The minimum atomic E-state index is -4.47. The Morgan fingerprint density at radius 3 is 2.21 bits per heavy atom. The third kappa shape index (κ3) is 4.35. The SMILES string of the molecule is O=C(NC1(C(=O)O)CCC1)c1cc(F)c2ccccc2c1OCc1ccc(C(F)(F)F)cc1. The molecule has 0 radical (unpaired) electrons. The average molecular weight is 461 g/mol. The standard InChI is InChI=1S/C24H19F4NO4/c25-19-12-18(21(30)29-23(22(31)32)10-3-11-23)20(17-5-2-1-4-16(17)19)33-13-14-6-8-15(9-7-14)24(26,27)28/h1-2,4-9,12H,3,10-11,13H2,(H,29,30)(H,31,32). The summed E-state index contributed by atoms with van der Waals surface area (Å²) in [6.07, 6.45) is -3.33. The molecule has 0 spiro atoms. The van der Waals surface area contributed by atoms with Crippen molar-refractivity contribution in [3.63, 3.8) is 0 Å². The van der Waals surface area contributed by atoms with E-state index in [1.807, 2.05) is 0 Å². The van der Waals surface area contributed by atoms with Crippen LogP contribution in [-0.2, 0) is 17.6 Å². The summed E-state index contributed by atoms with van der Waals surface area (Å²) in [6, 6.07) is 11.6. The van der Waals surface area contributed by atoms with Crippen LogP contribution in [0.4, 0.5) is 17.6 Å². The molecule has 0 heterocycles. The molecule has 172 valence electrons. The third-order valence-electron chi connectivity index (χ3n) is 5.82. The summed E-state index contributed by atoms with van der Waals surface area (Å²) >= 11 is 0. The molecule has 3 aromatic carbocycles. The van der Waals surface area contributed by atoms with Gasteiger partial charge in [0, 0.05) is 10.8 Å². The zero-order valence-electron chi connectivity index (χ0n) is 17.2. The van der Waals surface area contributed by atoms with E-state index >= 15 is 0 Å². The minimum Gasteiger partial charge on any atom is -0.487 e. The highest BCUT2D eigenvalue weighted by molar-refractivity contribution is 6.05. The first-order chi connectivity index (χ1) is 15.6. The van der Waals surface area contributed by atoms with Gasteiger partial charge >= 0.3 is 12.1 Å². The molecule has 1 fully saturated rings. The first-order valence-corrected chi connectivity index (χ1v) is 10.2. The summed E-state index contributed by atoms with van der Waals surface area (Å²) in [5, 5.41) is 12.5. The van der Waals surface area contributed by atoms with Crippen LogP contribution in [0.1, 0.15) is 40.7 Å². The third-order valence-corrected chi connectivity index (χ3v) is 5.82. The number of benzene rings is 3. The summed E-state index contributed by atoms with van der Waals surface area (Å²) in [7, 11) is 0. The van der Waals surface area contributed by atoms with Gasteiger partial charge in [0.05, 0.1) is 11.1 Å². The van der Waals surface area contributed by atoms with E-state index in [-0.39, 0.29) is 41.5 Å². The molecule has 4 rings (SSSR count). The van der Waals surface area contributed by atoms with Gasteiger partial charge in [0.2, 0.25) is 0 Å². The lowest BCUT2D eigenvalue weighted by Gasteiger charge is -2.38. The molecule has 3 aromatic rings. The maximum absolute atomic E-state index is 14.7. The molecule has 1 aliphatic carbocycles. The van der Waals surface area contributed by atoms with Gasteiger partial charge in [-0.1, -0.05) is 36.4 Å². The van der Waals surface area contributed by atoms with E-state index in [1.165, 1.54) is 18.2 Å². The number of amides is 1. The molecule has 2 N–H and O–H groups in total. The Morgan fingerprint density at radius 2 is 1.67 bits per heavy atom. The number of fused-ring (bicyclic) bond motifs is 1. The first kappa shape index (κ1) is 22.6. The molecule has 0 unspecified atom stereocenters. The van der Waals surface area contributed by atoms with Crippen LogP contribution in [0.2, 0.25) is 0 Å². The highest BCUT2D eigenvalue weighted by atomic mass is 19.4. The Balaban J connectivity index is 1.68. The van der Waals surface area contributed by atoms with Crippen molar-refractivity contribution in [2.45, 2.75) is 37.6 Å². The summed E-state index contributed by atoms with van der Waals surface area (Å²) in [4.78, 5) is 24.6. The number of nitrogens with one attached hydrogen (secondary N) is 1. The van der Waals surface area contributed by atoms with Gasteiger partial charge in [0.15, 0.2) is 0 Å². The molecule has 0 saturated heterocycles. The van der Waals surface area contributed by atoms with Crippen LogP contribution >= 0.6 is 0 Å². The Hall–Kier alpha value is -3.62. The second kappa shape index (κ2) is 8.38. The van der Waals surface area contributed by atoms with E-state index in [4.69, 9.17) is 4.74 Å². The monoisotopic (exact) mass is 461 g/mol. The quantitative estimate of drug-likeness (QED) is 0.488. The van der Waals surface area contributed by atoms with E-state index in [9.17, 15) is 32.3 Å². The topological polar surface area (TPSA) is 75.6 Å². The lowest BCUT2D eigenvalue weighted by molar-refractivity contribution is -0.148. The van der Waals surface area contributed by atoms with Gasteiger partial charge in [-0.3, -0.25) is 4.79 Å². The van der Waals surface area contributed by atoms with E-state index in [0.29, 0.717) is 12.0 Å². The maximum atomic E-state index is 14.7. The number of carbonyl (C=O) groups excluding carboxylic acids is 1. The number of alkyl halides is 3. The second-order valence-corrected chi connectivity index (χ2v) is 7.96. The summed E-state index contributed by atoms with van der Waals surface area (Å²) in [6.45, 7) is -0.182. The van der Waals surface area contributed by atoms with Gasteiger partial charge in [0.25, 0.3) is 5.91 Å². The number of carbonyl (C=O) groups is 2. The number of ether oxygens (including phenoxy) is 1. The number of rotatable bonds is 6. The number of aliphatic carboxylic acids is 1. The molecule has 1 amide bonds. The van der Waals surface area contributed by atoms with Crippen LogP contribution in [0.25, 0.3) is 10.8 Å². The Bertz CT molecular complexity index is 1220. The summed E-state index contributed by atoms with van der Waals surface area (Å²) in [5.74, 6) is -2.64. The van der Waals surface area contributed by atoms with E-state index in [0.717, 1.165) is 18.2 Å². The molecule has 33 heavy (non-hydrogen) atoms. The molecule has 9 heteroatoms. The molecule has 0 aromatic heterocycles. The zero-order chi connectivity index (χ0) is 23.8. The van der Waals surface area contributed by atoms with Gasteiger partial charge < -0.3 is 15.2 Å². The number of halogens is 4. The Kier molecular flexibility index (Phi) is 5.73. The fourth-order valence-corrected chi connectivity index (χ4v) is 3.78. The number of hydrogen-bond donors (Lipinski definition) is 2. The van der Waals surface area contributed by atoms with Crippen molar-refractivity contribution < 1.29 is 37.0 Å². The van der Waals surface area contributed by atoms with Crippen LogP contribution in [0.15, 0.2) is 54.6 Å². The highest BCUT2D eigenvalue weighted by Crippen LogP contribution is 2.36. The fourth-order valence-electron chi connectivity index (χ4n) is 3.78. The molecule has 5 nitrogen and oxygen atoms in total. The molecule has 0 aliphatic heterocycles. The lowest BCUT2D eigenvalue weighted by atomic mass is 9.76. The van der Waals surface area contributed by atoms with Crippen LogP contribution in [0.3, 0.4) is 0 Å². The average Bonchev–Trinajstić information content (AvgIpc) is 2.75. The molecule has 0 atom stereocenters. The van der Waals surface area contributed by atoms with Gasteiger partial charge in [-0.15, -0.1) is 0 Å². The molecular formula is C24H19F4NO4. The van der Waals surface area contributed by atoms with Crippen molar-refractivity contribution >= 4 is 22.6 Å².